The number of amides is 1. The van der Waals surface area contributed by atoms with Crippen LogP contribution in [0.2, 0.25) is 0 Å². The van der Waals surface area contributed by atoms with E-state index in [1.165, 1.54) is 0 Å². The second-order valence-corrected chi connectivity index (χ2v) is 4.20. The van der Waals surface area contributed by atoms with Crippen LogP contribution in [0.25, 0.3) is 0 Å². The number of aryl methyl sites for hydroxylation is 1. The lowest BCUT2D eigenvalue weighted by molar-refractivity contribution is -0.137. The lowest BCUT2D eigenvalue weighted by Crippen LogP contribution is -2.24. The number of nitrogens with one attached hydrogen (secondary N) is 2. The molecule has 0 fully saturated rings. The SMILES string of the molecule is Cc1[nH]c(=O)sc1C(=O)NCCCC(=O)O. The van der Waals surface area contributed by atoms with E-state index in [2.05, 4.69) is 10.3 Å². The number of carboxylic acids is 1. The van der Waals surface area contributed by atoms with Crippen LogP contribution in [0.3, 0.4) is 0 Å². The van der Waals surface area contributed by atoms with Crippen molar-refractivity contribution in [2.45, 2.75) is 19.8 Å². The molecule has 0 saturated carbocycles. The van der Waals surface area contributed by atoms with Gasteiger partial charge in [-0.05, 0) is 13.3 Å². The molecule has 0 aromatic carbocycles. The molecule has 0 unspecified atom stereocenters. The average Bonchev–Trinajstić information content (AvgIpc) is 2.52. The summed E-state index contributed by atoms with van der Waals surface area (Å²) < 4.78 is 0. The molecule has 1 aromatic rings. The van der Waals surface area contributed by atoms with Crippen molar-refractivity contribution in [2.75, 3.05) is 6.54 Å². The van der Waals surface area contributed by atoms with Gasteiger partial charge in [0.15, 0.2) is 0 Å². The van der Waals surface area contributed by atoms with Crippen molar-refractivity contribution in [1.29, 1.82) is 0 Å². The Morgan fingerprint density at radius 2 is 2.19 bits per heavy atom. The summed E-state index contributed by atoms with van der Waals surface area (Å²) in [7, 11) is 0. The van der Waals surface area contributed by atoms with Crippen molar-refractivity contribution in [3.8, 4) is 0 Å². The predicted octanol–water partition coefficient (Wildman–Crippen LogP) is 0.339. The summed E-state index contributed by atoms with van der Waals surface area (Å²) in [5, 5.41) is 10.9. The first-order chi connectivity index (χ1) is 7.50. The normalized spacial score (nSPS) is 10.1. The fourth-order valence-electron chi connectivity index (χ4n) is 1.14. The summed E-state index contributed by atoms with van der Waals surface area (Å²) in [6, 6.07) is 0. The van der Waals surface area contributed by atoms with Gasteiger partial charge in [0.2, 0.25) is 0 Å². The Hall–Kier alpha value is -1.63. The van der Waals surface area contributed by atoms with Gasteiger partial charge in [-0.1, -0.05) is 11.3 Å². The van der Waals surface area contributed by atoms with Crippen molar-refractivity contribution in [1.82, 2.24) is 10.3 Å². The molecule has 1 heterocycles. The van der Waals surface area contributed by atoms with E-state index in [9.17, 15) is 14.4 Å². The molecular weight excluding hydrogens is 232 g/mol. The first-order valence-corrected chi connectivity index (χ1v) is 5.52. The third-order valence-electron chi connectivity index (χ3n) is 1.88. The molecule has 0 saturated heterocycles. The monoisotopic (exact) mass is 244 g/mol. The topological polar surface area (TPSA) is 99.3 Å². The summed E-state index contributed by atoms with van der Waals surface area (Å²) in [4.78, 5) is 35.3. The number of aliphatic carboxylic acids is 1. The highest BCUT2D eigenvalue weighted by Crippen LogP contribution is 2.07. The van der Waals surface area contributed by atoms with Crippen LogP contribution in [-0.4, -0.2) is 28.5 Å². The Morgan fingerprint density at radius 3 is 2.69 bits per heavy atom. The van der Waals surface area contributed by atoms with Crippen LogP contribution in [0.15, 0.2) is 4.79 Å². The van der Waals surface area contributed by atoms with Crippen molar-refractivity contribution < 1.29 is 14.7 Å². The molecular formula is C9H12N2O4S. The molecule has 0 radical (unpaired) electrons. The first-order valence-electron chi connectivity index (χ1n) is 4.70. The molecule has 1 amide bonds. The Bertz CT molecular complexity index is 449. The number of carboxylic acid groups (broad SMARTS) is 1. The van der Waals surface area contributed by atoms with Crippen LogP contribution < -0.4 is 10.2 Å². The summed E-state index contributed by atoms with van der Waals surface area (Å²) in [6.07, 6.45) is 0.391. The number of aromatic nitrogens is 1. The van der Waals surface area contributed by atoms with Gasteiger partial charge in [-0.15, -0.1) is 0 Å². The van der Waals surface area contributed by atoms with Gasteiger partial charge in [-0.3, -0.25) is 14.4 Å². The van der Waals surface area contributed by atoms with E-state index in [0.29, 0.717) is 17.0 Å². The predicted molar refractivity (Wildman–Crippen MR) is 58.9 cm³/mol. The third kappa shape index (κ3) is 3.50. The maximum atomic E-state index is 11.5. The molecule has 0 atom stereocenters. The maximum Gasteiger partial charge on any atom is 0.305 e. The van der Waals surface area contributed by atoms with Crippen LogP contribution in [0.1, 0.15) is 28.2 Å². The van der Waals surface area contributed by atoms with Gasteiger partial charge in [0.1, 0.15) is 4.88 Å². The smallest absolute Gasteiger partial charge is 0.305 e. The zero-order valence-electron chi connectivity index (χ0n) is 8.70. The van der Waals surface area contributed by atoms with Gasteiger partial charge in [0.25, 0.3) is 5.91 Å². The molecule has 0 aliphatic heterocycles. The molecule has 1 rings (SSSR count). The van der Waals surface area contributed by atoms with Crippen molar-refractivity contribution >= 4 is 23.2 Å². The van der Waals surface area contributed by atoms with Crippen molar-refractivity contribution in [2.24, 2.45) is 0 Å². The molecule has 0 bridgehead atoms. The van der Waals surface area contributed by atoms with Crippen LogP contribution in [0.5, 0.6) is 0 Å². The number of H-pyrrole nitrogens is 1. The standard InChI is InChI=1S/C9H12N2O4S/c1-5-7(16-9(15)11-5)8(14)10-4-2-3-6(12)13/h2-4H2,1H3,(H,10,14)(H,11,15)(H,12,13). The number of carbonyl (C=O) groups is 2. The van der Waals surface area contributed by atoms with Gasteiger partial charge in [-0.25, -0.2) is 0 Å². The number of rotatable bonds is 5. The van der Waals surface area contributed by atoms with Crippen LogP contribution in [0.4, 0.5) is 0 Å². The van der Waals surface area contributed by atoms with Crippen molar-refractivity contribution in [3.05, 3.63) is 20.2 Å². The molecule has 16 heavy (non-hydrogen) atoms. The second-order valence-electron chi connectivity index (χ2n) is 3.22. The average molecular weight is 244 g/mol. The van der Waals surface area contributed by atoms with Gasteiger partial charge in [-0.2, -0.15) is 0 Å². The zero-order chi connectivity index (χ0) is 12.1. The molecule has 6 nitrogen and oxygen atoms in total. The van der Waals surface area contributed by atoms with Crippen LogP contribution in [0, 0.1) is 6.92 Å². The molecule has 1 aromatic heterocycles. The lowest BCUT2D eigenvalue weighted by Gasteiger charge is -2.02. The van der Waals surface area contributed by atoms with E-state index >= 15 is 0 Å². The highest BCUT2D eigenvalue weighted by molar-refractivity contribution is 7.11. The quantitative estimate of drug-likeness (QED) is 0.650. The highest BCUT2D eigenvalue weighted by Gasteiger charge is 2.12. The van der Waals surface area contributed by atoms with E-state index < -0.39 is 5.97 Å². The molecule has 88 valence electrons. The first kappa shape index (κ1) is 12.4. The minimum Gasteiger partial charge on any atom is -0.481 e. The van der Waals surface area contributed by atoms with E-state index in [1.807, 2.05) is 0 Å². The lowest BCUT2D eigenvalue weighted by atomic mass is 10.3. The van der Waals surface area contributed by atoms with Gasteiger partial charge in [0.05, 0.1) is 0 Å². The maximum absolute atomic E-state index is 11.5. The number of carbonyl (C=O) groups excluding carboxylic acids is 1. The Morgan fingerprint density at radius 1 is 1.50 bits per heavy atom. The number of thiazole rings is 1. The van der Waals surface area contributed by atoms with E-state index in [1.54, 1.807) is 6.92 Å². The fraction of sp³-hybridized carbons (Fsp3) is 0.444. The third-order valence-corrected chi connectivity index (χ3v) is 2.87. The number of hydrogen-bond acceptors (Lipinski definition) is 4. The second kappa shape index (κ2) is 5.45. The Balaban J connectivity index is 2.44. The molecule has 0 aliphatic rings. The largest absolute Gasteiger partial charge is 0.481 e. The highest BCUT2D eigenvalue weighted by atomic mass is 32.1. The molecule has 7 heteroatoms. The minimum atomic E-state index is -0.892. The van der Waals surface area contributed by atoms with Crippen LogP contribution >= 0.6 is 11.3 Å². The molecule has 0 aliphatic carbocycles. The zero-order valence-corrected chi connectivity index (χ0v) is 9.52. The number of hydrogen-bond donors (Lipinski definition) is 3. The summed E-state index contributed by atoms with van der Waals surface area (Å²) in [5.41, 5.74) is 0.533. The number of aromatic amines is 1. The fourth-order valence-corrected chi connectivity index (χ4v) is 1.90. The molecule has 0 spiro atoms. The molecule has 3 N–H and O–H groups in total. The van der Waals surface area contributed by atoms with E-state index in [0.717, 1.165) is 11.3 Å². The summed E-state index contributed by atoms with van der Waals surface area (Å²) in [6.45, 7) is 1.93. The van der Waals surface area contributed by atoms with Gasteiger partial charge >= 0.3 is 10.8 Å². The van der Waals surface area contributed by atoms with Crippen molar-refractivity contribution in [3.63, 3.8) is 0 Å². The van der Waals surface area contributed by atoms with E-state index in [4.69, 9.17) is 5.11 Å². The van der Waals surface area contributed by atoms with Gasteiger partial charge < -0.3 is 15.4 Å². The van der Waals surface area contributed by atoms with Gasteiger partial charge in [0, 0.05) is 18.7 Å². The summed E-state index contributed by atoms with van der Waals surface area (Å²) in [5.74, 6) is -1.23. The minimum absolute atomic E-state index is 0.0165. The van der Waals surface area contributed by atoms with Crippen LogP contribution in [-0.2, 0) is 4.79 Å². The summed E-state index contributed by atoms with van der Waals surface area (Å²) >= 11 is 0.847. The van der Waals surface area contributed by atoms with E-state index in [-0.39, 0.29) is 23.7 Å². The Kier molecular flexibility index (Phi) is 4.24. The Labute approximate surface area is 95.3 Å².